The van der Waals surface area contributed by atoms with Crippen LogP contribution in [0.15, 0.2) is 12.2 Å². The Morgan fingerprint density at radius 2 is 0.964 bits per heavy atom. The van der Waals surface area contributed by atoms with Crippen LogP contribution in [0, 0.1) is 0 Å². The van der Waals surface area contributed by atoms with Gasteiger partial charge in [0.2, 0.25) is 5.91 Å². The number of hydrogen-bond donors (Lipinski definition) is 3. The van der Waals surface area contributed by atoms with Gasteiger partial charge in [0.15, 0.2) is 0 Å². The highest BCUT2D eigenvalue weighted by Crippen LogP contribution is 2.43. The first-order valence-corrected chi connectivity index (χ1v) is 25.5. The average Bonchev–Trinajstić information content (AvgIpc) is 3.15. The molecule has 0 aromatic heterocycles. The van der Waals surface area contributed by atoms with Crippen molar-refractivity contribution in [3.63, 3.8) is 0 Å². The number of nitrogens with one attached hydrogen (secondary N) is 1. The fraction of sp³-hybridized carbons (Fsp3) is 0.936. The predicted molar refractivity (Wildman–Crippen MR) is 240 cm³/mol. The van der Waals surface area contributed by atoms with Crippen molar-refractivity contribution in [1.82, 2.24) is 5.32 Å². The molecule has 0 aliphatic carbocycles. The molecule has 0 saturated carbocycles. The number of rotatable bonds is 44. The molecule has 8 nitrogen and oxygen atoms in total. The first kappa shape index (κ1) is 55.2. The van der Waals surface area contributed by atoms with Crippen LogP contribution in [0.25, 0.3) is 0 Å². The van der Waals surface area contributed by atoms with Crippen molar-refractivity contribution in [2.75, 3.05) is 40.9 Å². The summed E-state index contributed by atoms with van der Waals surface area (Å²) in [4.78, 5) is 23.2. The number of nitrogens with zero attached hydrogens (tertiary/aromatic N) is 1. The Hall–Kier alpha value is -0.760. The van der Waals surface area contributed by atoms with E-state index in [1.807, 2.05) is 21.1 Å². The molecular weight excluding hydrogens is 719 g/mol. The summed E-state index contributed by atoms with van der Waals surface area (Å²) in [5.41, 5.74) is 0. The minimum absolute atomic E-state index is 0.0764. The van der Waals surface area contributed by atoms with E-state index in [9.17, 15) is 19.4 Å². The zero-order chi connectivity index (χ0) is 41.4. The third-order valence-corrected chi connectivity index (χ3v) is 12.0. The van der Waals surface area contributed by atoms with Crippen molar-refractivity contribution in [1.29, 1.82) is 0 Å². The van der Waals surface area contributed by atoms with E-state index in [4.69, 9.17) is 9.05 Å². The Bertz CT molecular complexity index is 927. The van der Waals surface area contributed by atoms with Gasteiger partial charge < -0.3 is 19.8 Å². The number of unbranched alkanes of at least 4 members (excludes halogenated alkanes) is 29. The lowest BCUT2D eigenvalue weighted by molar-refractivity contribution is -0.870. The first-order valence-electron chi connectivity index (χ1n) is 24.1. The molecule has 0 rings (SSSR count). The van der Waals surface area contributed by atoms with Gasteiger partial charge in [-0.2, -0.15) is 0 Å². The van der Waals surface area contributed by atoms with Crippen LogP contribution < -0.4 is 5.32 Å². The zero-order valence-electron chi connectivity index (χ0n) is 37.9. The van der Waals surface area contributed by atoms with Gasteiger partial charge >= 0.3 is 7.82 Å². The second-order valence-corrected chi connectivity index (χ2v) is 19.3. The van der Waals surface area contributed by atoms with Crippen molar-refractivity contribution in [2.45, 2.75) is 244 Å². The molecule has 0 aliphatic heterocycles. The number of phosphoric ester groups is 1. The lowest BCUT2D eigenvalue weighted by atomic mass is 10.0. The van der Waals surface area contributed by atoms with Crippen molar-refractivity contribution >= 4 is 13.7 Å². The van der Waals surface area contributed by atoms with Crippen LogP contribution in [-0.4, -0.2) is 73.4 Å². The fourth-order valence-electron chi connectivity index (χ4n) is 7.16. The standard InChI is InChI=1S/C47H95N2O6P/c1-6-8-10-12-14-16-18-20-22-23-24-25-27-29-31-33-35-37-39-41-47(51)48-45(44-55-56(52,53)54-43-42-49(3,4)5)46(50)40-38-36-34-32-30-28-26-21-19-17-15-13-11-9-7-2/h20,22,45-46,50H,6-19,21,23-44H2,1-5H3,(H-,48,51,52,53)/p+1/b22-20-. The van der Waals surface area contributed by atoms with Crippen LogP contribution in [-0.2, 0) is 18.4 Å². The number of likely N-dealkylation sites (N-methyl/N-ethyl adjacent to an activating group) is 1. The molecule has 9 heteroatoms. The number of hydrogen-bond acceptors (Lipinski definition) is 5. The molecule has 3 N–H and O–H groups in total. The van der Waals surface area contributed by atoms with Crippen molar-refractivity contribution in [2.24, 2.45) is 0 Å². The van der Waals surface area contributed by atoms with E-state index < -0.39 is 20.0 Å². The molecule has 0 fully saturated rings. The van der Waals surface area contributed by atoms with Gasteiger partial charge in [-0.15, -0.1) is 0 Å². The van der Waals surface area contributed by atoms with Gasteiger partial charge in [-0.25, -0.2) is 4.57 Å². The maximum absolute atomic E-state index is 12.9. The zero-order valence-corrected chi connectivity index (χ0v) is 38.8. The van der Waals surface area contributed by atoms with E-state index in [1.54, 1.807) is 0 Å². The summed E-state index contributed by atoms with van der Waals surface area (Å²) in [7, 11) is 1.62. The summed E-state index contributed by atoms with van der Waals surface area (Å²) < 4.78 is 23.7. The number of quaternary nitrogens is 1. The van der Waals surface area contributed by atoms with Crippen molar-refractivity contribution in [3.8, 4) is 0 Å². The van der Waals surface area contributed by atoms with E-state index in [1.165, 1.54) is 167 Å². The number of phosphoric acid groups is 1. The number of carbonyl (C=O) groups excluding carboxylic acids is 1. The monoisotopic (exact) mass is 816 g/mol. The maximum atomic E-state index is 12.9. The number of allylic oxidation sites excluding steroid dienone is 2. The normalized spacial score (nSPS) is 14.3. The van der Waals surface area contributed by atoms with Crippen LogP contribution >= 0.6 is 7.82 Å². The van der Waals surface area contributed by atoms with Crippen LogP contribution in [0.4, 0.5) is 0 Å². The van der Waals surface area contributed by atoms with E-state index in [-0.39, 0.29) is 19.1 Å². The molecule has 0 saturated heterocycles. The van der Waals surface area contributed by atoms with Crippen molar-refractivity contribution < 1.29 is 32.9 Å². The molecule has 0 bridgehead atoms. The Morgan fingerprint density at radius 1 is 0.589 bits per heavy atom. The third kappa shape index (κ3) is 41.4. The molecule has 0 radical (unpaired) electrons. The second kappa shape index (κ2) is 39.7. The summed E-state index contributed by atoms with van der Waals surface area (Å²) in [6.45, 7) is 4.90. The summed E-state index contributed by atoms with van der Waals surface area (Å²) in [6, 6.07) is -0.757. The Morgan fingerprint density at radius 3 is 1.38 bits per heavy atom. The lowest BCUT2D eigenvalue weighted by Gasteiger charge is -2.26. The molecule has 56 heavy (non-hydrogen) atoms. The molecule has 1 amide bonds. The summed E-state index contributed by atoms with van der Waals surface area (Å²) in [5.74, 6) is -0.145. The Balaban J connectivity index is 4.29. The maximum Gasteiger partial charge on any atom is 0.472 e. The third-order valence-electron chi connectivity index (χ3n) is 11.0. The highest BCUT2D eigenvalue weighted by Gasteiger charge is 2.28. The molecule has 334 valence electrons. The van der Waals surface area contributed by atoms with Crippen molar-refractivity contribution in [3.05, 3.63) is 12.2 Å². The first-order chi connectivity index (χ1) is 27.0. The lowest BCUT2D eigenvalue weighted by Crippen LogP contribution is -2.46. The van der Waals surface area contributed by atoms with Gasteiger partial charge in [0.25, 0.3) is 0 Å². The summed E-state index contributed by atoms with van der Waals surface area (Å²) in [6.07, 6.45) is 45.2. The fourth-order valence-corrected chi connectivity index (χ4v) is 7.89. The van der Waals surface area contributed by atoms with E-state index >= 15 is 0 Å². The highest BCUT2D eigenvalue weighted by atomic mass is 31.2. The van der Waals surface area contributed by atoms with Crippen LogP contribution in [0.3, 0.4) is 0 Å². The second-order valence-electron chi connectivity index (χ2n) is 17.8. The number of aliphatic hydroxyl groups excluding tert-OH is 1. The molecule has 0 aromatic rings. The van der Waals surface area contributed by atoms with Gasteiger partial charge in [-0.05, 0) is 38.5 Å². The van der Waals surface area contributed by atoms with E-state index in [2.05, 4.69) is 31.3 Å². The molecule has 0 aromatic carbocycles. The van der Waals surface area contributed by atoms with Gasteiger partial charge in [-0.3, -0.25) is 13.8 Å². The number of amides is 1. The highest BCUT2D eigenvalue weighted by molar-refractivity contribution is 7.47. The van der Waals surface area contributed by atoms with Crippen LogP contribution in [0.2, 0.25) is 0 Å². The van der Waals surface area contributed by atoms with E-state index in [0.717, 1.165) is 38.5 Å². The smallest absolute Gasteiger partial charge is 0.391 e. The average molecular weight is 816 g/mol. The number of carbonyl (C=O) groups is 1. The largest absolute Gasteiger partial charge is 0.472 e. The minimum Gasteiger partial charge on any atom is -0.391 e. The Labute approximate surface area is 348 Å². The molecule has 0 aliphatic rings. The predicted octanol–water partition coefficient (Wildman–Crippen LogP) is 13.5. The molecule has 0 heterocycles. The van der Waals surface area contributed by atoms with Crippen LogP contribution in [0.1, 0.15) is 232 Å². The quantitative estimate of drug-likeness (QED) is 0.0245. The van der Waals surface area contributed by atoms with Gasteiger partial charge in [0.1, 0.15) is 13.2 Å². The Kier molecular flexibility index (Phi) is 39.1. The van der Waals surface area contributed by atoms with Gasteiger partial charge in [0.05, 0.1) is 39.9 Å². The van der Waals surface area contributed by atoms with Gasteiger partial charge in [0, 0.05) is 6.42 Å². The molecule has 3 unspecified atom stereocenters. The van der Waals surface area contributed by atoms with E-state index in [0.29, 0.717) is 23.9 Å². The molecule has 0 spiro atoms. The van der Waals surface area contributed by atoms with Crippen LogP contribution in [0.5, 0.6) is 0 Å². The summed E-state index contributed by atoms with van der Waals surface area (Å²) in [5, 5.41) is 14.0. The SMILES string of the molecule is CCCCCCCC/C=C\CCCCCCCCCCCC(=O)NC(COP(=O)(O)OCC[N+](C)(C)C)C(O)CCCCCCCCCCCCCCCCC. The van der Waals surface area contributed by atoms with Gasteiger partial charge in [-0.1, -0.05) is 199 Å². The minimum atomic E-state index is -4.31. The topological polar surface area (TPSA) is 105 Å². The number of aliphatic hydroxyl groups is 1. The molecular formula is C47H96N2O6P+. The summed E-state index contributed by atoms with van der Waals surface area (Å²) >= 11 is 0. The molecule has 3 atom stereocenters.